The second-order valence-electron chi connectivity index (χ2n) is 6.70. The lowest BCUT2D eigenvalue weighted by Crippen LogP contribution is -2.38. The Labute approximate surface area is 140 Å². The summed E-state index contributed by atoms with van der Waals surface area (Å²) in [5.74, 6) is 1.73. The Morgan fingerprint density at radius 2 is 2.26 bits per heavy atom. The number of amides is 1. The molecule has 0 aliphatic carbocycles. The maximum absolute atomic E-state index is 12.9. The quantitative estimate of drug-likeness (QED) is 0.772. The molecule has 1 saturated heterocycles. The van der Waals surface area contributed by atoms with Crippen LogP contribution in [0.3, 0.4) is 0 Å². The van der Waals surface area contributed by atoms with Crippen molar-refractivity contribution < 1.29 is 9.53 Å². The Morgan fingerprint density at radius 3 is 3.09 bits per heavy atom. The van der Waals surface area contributed by atoms with Gasteiger partial charge in [0, 0.05) is 29.1 Å². The van der Waals surface area contributed by atoms with Crippen LogP contribution >= 0.6 is 11.3 Å². The number of benzene rings is 1. The van der Waals surface area contributed by atoms with Gasteiger partial charge in [-0.3, -0.25) is 4.79 Å². The van der Waals surface area contributed by atoms with Gasteiger partial charge in [-0.05, 0) is 43.4 Å². The Bertz CT molecular complexity index is 765. The van der Waals surface area contributed by atoms with E-state index in [0.29, 0.717) is 12.5 Å². The van der Waals surface area contributed by atoms with Crippen molar-refractivity contribution in [3.63, 3.8) is 0 Å². The van der Waals surface area contributed by atoms with E-state index in [4.69, 9.17) is 4.74 Å². The molecule has 120 valence electrons. The van der Waals surface area contributed by atoms with Crippen LogP contribution in [0.1, 0.15) is 40.6 Å². The largest absolute Gasteiger partial charge is 0.488 e. The van der Waals surface area contributed by atoms with Crippen molar-refractivity contribution in [2.45, 2.75) is 33.3 Å². The molecule has 2 aliphatic heterocycles. The van der Waals surface area contributed by atoms with Crippen molar-refractivity contribution in [1.82, 2.24) is 4.90 Å². The Hall–Kier alpha value is -1.81. The molecule has 0 saturated carbocycles. The summed E-state index contributed by atoms with van der Waals surface area (Å²) in [6, 6.07) is 8.18. The second kappa shape index (κ2) is 5.68. The van der Waals surface area contributed by atoms with E-state index in [1.54, 1.807) is 11.3 Å². The number of carbonyl (C=O) groups is 1. The van der Waals surface area contributed by atoms with Crippen molar-refractivity contribution >= 4 is 17.2 Å². The molecule has 1 aromatic carbocycles. The molecule has 1 atom stereocenters. The minimum Gasteiger partial charge on any atom is -0.488 e. The van der Waals surface area contributed by atoms with Gasteiger partial charge in [0.05, 0.1) is 4.88 Å². The number of ether oxygens (including phenoxy) is 1. The summed E-state index contributed by atoms with van der Waals surface area (Å²) in [5, 5.41) is 0. The third kappa shape index (κ3) is 2.55. The van der Waals surface area contributed by atoms with Gasteiger partial charge < -0.3 is 9.64 Å². The lowest BCUT2D eigenvalue weighted by molar-refractivity contribution is 0.0688. The zero-order valence-corrected chi connectivity index (χ0v) is 14.4. The monoisotopic (exact) mass is 327 g/mol. The molecule has 0 radical (unpaired) electrons. The normalized spacial score (nSPS) is 19.7. The van der Waals surface area contributed by atoms with Crippen LogP contribution < -0.4 is 4.74 Å². The summed E-state index contributed by atoms with van der Waals surface area (Å²) in [6.45, 7) is 6.66. The van der Waals surface area contributed by atoms with E-state index in [0.717, 1.165) is 41.3 Å². The van der Waals surface area contributed by atoms with Gasteiger partial charge in [0.1, 0.15) is 12.4 Å². The molecule has 2 aliphatic rings. The molecule has 1 amide bonds. The SMILES string of the molecule is Cc1cccc2c1-c1sc(C(=O)N3CCC[C@@H](C)C3)cc1CO2. The molecule has 1 fully saturated rings. The zero-order valence-electron chi connectivity index (χ0n) is 13.6. The lowest BCUT2D eigenvalue weighted by atomic mass is 10.00. The molecule has 0 spiro atoms. The molecular formula is C19H21NO2S. The lowest BCUT2D eigenvalue weighted by Gasteiger charge is -2.30. The molecule has 0 unspecified atom stereocenters. The van der Waals surface area contributed by atoms with Crippen molar-refractivity contribution in [3.8, 4) is 16.2 Å². The zero-order chi connectivity index (χ0) is 16.0. The highest BCUT2D eigenvalue weighted by atomic mass is 32.1. The fourth-order valence-electron chi connectivity index (χ4n) is 3.59. The highest BCUT2D eigenvalue weighted by Gasteiger charge is 2.27. The standard InChI is InChI=1S/C19H21NO2S/c1-12-5-4-8-20(10-12)19(21)16-9-14-11-22-15-7-3-6-13(2)17(15)18(14)23-16/h3,6-7,9,12H,4-5,8,10-11H2,1-2H3/t12-/m1/s1. The first-order valence-electron chi connectivity index (χ1n) is 8.28. The molecule has 2 aromatic rings. The van der Waals surface area contributed by atoms with Gasteiger partial charge in [-0.2, -0.15) is 0 Å². The van der Waals surface area contributed by atoms with Gasteiger partial charge in [0.15, 0.2) is 0 Å². The van der Waals surface area contributed by atoms with Gasteiger partial charge in [-0.1, -0.05) is 19.1 Å². The van der Waals surface area contributed by atoms with Crippen LogP contribution in [0.15, 0.2) is 24.3 Å². The van der Waals surface area contributed by atoms with E-state index < -0.39 is 0 Å². The number of carbonyl (C=O) groups excluding carboxylic acids is 1. The molecule has 1 aromatic heterocycles. The molecular weight excluding hydrogens is 306 g/mol. The summed E-state index contributed by atoms with van der Waals surface area (Å²) in [7, 11) is 0. The average molecular weight is 327 g/mol. The molecule has 3 nitrogen and oxygen atoms in total. The fourth-order valence-corrected chi connectivity index (χ4v) is 4.84. The van der Waals surface area contributed by atoms with Crippen LogP contribution in [0.4, 0.5) is 0 Å². The van der Waals surface area contributed by atoms with Crippen LogP contribution in [0, 0.1) is 12.8 Å². The summed E-state index contributed by atoms with van der Waals surface area (Å²) < 4.78 is 5.87. The number of piperidine rings is 1. The second-order valence-corrected chi connectivity index (χ2v) is 7.75. The average Bonchev–Trinajstić information content (AvgIpc) is 2.98. The molecule has 3 heterocycles. The maximum atomic E-state index is 12.9. The van der Waals surface area contributed by atoms with Gasteiger partial charge >= 0.3 is 0 Å². The first-order valence-corrected chi connectivity index (χ1v) is 9.10. The first-order chi connectivity index (χ1) is 11.1. The molecule has 23 heavy (non-hydrogen) atoms. The van der Waals surface area contributed by atoms with Crippen LogP contribution in [-0.4, -0.2) is 23.9 Å². The number of nitrogens with zero attached hydrogens (tertiary/aromatic N) is 1. The third-order valence-electron chi connectivity index (χ3n) is 4.81. The van der Waals surface area contributed by atoms with Gasteiger partial charge in [-0.25, -0.2) is 0 Å². The van der Waals surface area contributed by atoms with Gasteiger partial charge in [-0.15, -0.1) is 11.3 Å². The number of rotatable bonds is 1. The maximum Gasteiger partial charge on any atom is 0.263 e. The molecule has 0 bridgehead atoms. The number of likely N-dealkylation sites (tertiary alicyclic amines) is 1. The van der Waals surface area contributed by atoms with Crippen LogP contribution in [0.5, 0.6) is 5.75 Å². The van der Waals surface area contributed by atoms with Crippen molar-refractivity contribution in [3.05, 3.63) is 40.3 Å². The van der Waals surface area contributed by atoms with E-state index in [2.05, 4.69) is 19.9 Å². The predicted molar refractivity (Wildman–Crippen MR) is 93.1 cm³/mol. The first kappa shape index (κ1) is 14.8. The Kier molecular flexibility index (Phi) is 3.64. The number of hydrogen-bond acceptors (Lipinski definition) is 3. The summed E-state index contributed by atoms with van der Waals surface area (Å²) in [6.07, 6.45) is 2.34. The highest BCUT2D eigenvalue weighted by molar-refractivity contribution is 7.17. The summed E-state index contributed by atoms with van der Waals surface area (Å²) >= 11 is 1.62. The minimum absolute atomic E-state index is 0.186. The van der Waals surface area contributed by atoms with Gasteiger partial charge in [0.2, 0.25) is 0 Å². The number of thiophene rings is 1. The number of aryl methyl sites for hydroxylation is 1. The fraction of sp³-hybridized carbons (Fsp3) is 0.421. The summed E-state index contributed by atoms with van der Waals surface area (Å²) in [4.78, 5) is 16.9. The number of hydrogen-bond donors (Lipinski definition) is 0. The topological polar surface area (TPSA) is 29.5 Å². The van der Waals surface area contributed by atoms with E-state index >= 15 is 0 Å². The molecule has 4 rings (SSSR count). The van der Waals surface area contributed by atoms with E-state index in [1.165, 1.54) is 16.9 Å². The smallest absolute Gasteiger partial charge is 0.263 e. The van der Waals surface area contributed by atoms with E-state index in [1.807, 2.05) is 23.1 Å². The highest BCUT2D eigenvalue weighted by Crippen LogP contribution is 2.44. The summed E-state index contributed by atoms with van der Waals surface area (Å²) in [5.41, 5.74) is 3.51. The molecule has 0 N–H and O–H groups in total. The van der Waals surface area contributed by atoms with Crippen molar-refractivity contribution in [1.29, 1.82) is 0 Å². The van der Waals surface area contributed by atoms with Crippen molar-refractivity contribution in [2.24, 2.45) is 5.92 Å². The third-order valence-corrected chi connectivity index (χ3v) is 5.99. The van der Waals surface area contributed by atoms with Crippen LogP contribution in [-0.2, 0) is 6.61 Å². The minimum atomic E-state index is 0.186. The van der Waals surface area contributed by atoms with Crippen LogP contribution in [0.2, 0.25) is 0 Å². The van der Waals surface area contributed by atoms with E-state index in [-0.39, 0.29) is 5.91 Å². The Balaban J connectivity index is 1.69. The van der Waals surface area contributed by atoms with E-state index in [9.17, 15) is 4.79 Å². The van der Waals surface area contributed by atoms with Crippen LogP contribution in [0.25, 0.3) is 10.4 Å². The predicted octanol–water partition coefficient (Wildman–Crippen LogP) is 4.49. The van der Waals surface area contributed by atoms with Crippen molar-refractivity contribution in [2.75, 3.05) is 13.1 Å². The van der Waals surface area contributed by atoms with Gasteiger partial charge in [0.25, 0.3) is 5.91 Å². The Morgan fingerprint density at radius 1 is 1.39 bits per heavy atom. The molecule has 4 heteroatoms. The number of fused-ring (bicyclic) bond motifs is 3.